The Balaban J connectivity index is 1.75. The maximum atomic E-state index is 5.03. The minimum atomic E-state index is 0.594. The first-order valence-corrected chi connectivity index (χ1v) is 5.72. The van der Waals surface area contributed by atoms with E-state index in [1.165, 1.54) is 19.2 Å². The molecule has 0 aromatic carbocycles. The van der Waals surface area contributed by atoms with Gasteiger partial charge in [0.2, 0.25) is 5.88 Å². The lowest BCUT2D eigenvalue weighted by atomic mass is 10.1. The van der Waals surface area contributed by atoms with Crippen LogP contribution in [0.4, 0.5) is 5.82 Å². The van der Waals surface area contributed by atoms with Gasteiger partial charge in [-0.05, 0) is 25.8 Å². The van der Waals surface area contributed by atoms with Crippen LogP contribution in [-0.4, -0.2) is 36.2 Å². The maximum Gasteiger partial charge on any atom is 0.218 e. The minimum Gasteiger partial charge on any atom is -0.481 e. The molecule has 5 heteroatoms. The molecule has 0 spiro atoms. The topological polar surface area (TPSA) is 59.1 Å². The van der Waals surface area contributed by atoms with E-state index in [1.807, 2.05) is 6.07 Å². The summed E-state index contributed by atoms with van der Waals surface area (Å²) >= 11 is 0. The third-order valence-corrected chi connectivity index (χ3v) is 2.81. The monoisotopic (exact) mass is 222 g/mol. The van der Waals surface area contributed by atoms with Crippen LogP contribution in [-0.2, 0) is 0 Å². The van der Waals surface area contributed by atoms with Crippen molar-refractivity contribution >= 4 is 5.82 Å². The van der Waals surface area contributed by atoms with Crippen molar-refractivity contribution in [2.24, 2.45) is 0 Å². The molecule has 0 aliphatic carbocycles. The Bertz CT molecular complexity index is 326. The van der Waals surface area contributed by atoms with Gasteiger partial charge < -0.3 is 15.4 Å². The molecule has 88 valence electrons. The largest absolute Gasteiger partial charge is 0.481 e. The van der Waals surface area contributed by atoms with Gasteiger partial charge in [0.15, 0.2) is 0 Å². The molecule has 1 unspecified atom stereocenters. The van der Waals surface area contributed by atoms with E-state index in [4.69, 9.17) is 4.74 Å². The Morgan fingerprint density at radius 2 is 2.50 bits per heavy atom. The van der Waals surface area contributed by atoms with Crippen molar-refractivity contribution in [3.05, 3.63) is 12.4 Å². The molecule has 1 aliphatic rings. The number of anilines is 1. The quantitative estimate of drug-likeness (QED) is 0.779. The van der Waals surface area contributed by atoms with Gasteiger partial charge in [0.1, 0.15) is 12.1 Å². The second kappa shape index (κ2) is 5.65. The van der Waals surface area contributed by atoms with Gasteiger partial charge in [0, 0.05) is 18.7 Å². The summed E-state index contributed by atoms with van der Waals surface area (Å²) in [4.78, 5) is 8.09. The molecule has 1 aliphatic heterocycles. The molecule has 1 fully saturated rings. The second-order valence-electron chi connectivity index (χ2n) is 3.95. The molecule has 2 heterocycles. The van der Waals surface area contributed by atoms with Gasteiger partial charge in [-0.2, -0.15) is 0 Å². The fraction of sp³-hybridized carbons (Fsp3) is 0.636. The first kappa shape index (κ1) is 11.1. The standard InChI is InChI=1S/C11H18N4O/c1-16-11-7-10(14-8-15-11)13-6-4-9-3-2-5-12-9/h7-9,12H,2-6H2,1H3,(H,13,14,15). The average Bonchev–Trinajstić information content (AvgIpc) is 2.82. The number of nitrogens with one attached hydrogen (secondary N) is 2. The molecule has 2 N–H and O–H groups in total. The van der Waals surface area contributed by atoms with E-state index in [0.717, 1.165) is 25.3 Å². The number of hydrogen-bond donors (Lipinski definition) is 2. The zero-order chi connectivity index (χ0) is 11.2. The summed E-state index contributed by atoms with van der Waals surface area (Å²) in [5.74, 6) is 1.42. The highest BCUT2D eigenvalue weighted by Gasteiger charge is 2.12. The molecule has 5 nitrogen and oxygen atoms in total. The maximum absolute atomic E-state index is 5.03. The summed E-state index contributed by atoms with van der Waals surface area (Å²) in [5.41, 5.74) is 0. The van der Waals surface area contributed by atoms with Gasteiger partial charge in [0.05, 0.1) is 7.11 Å². The number of hydrogen-bond acceptors (Lipinski definition) is 5. The first-order chi connectivity index (χ1) is 7.88. The highest BCUT2D eigenvalue weighted by molar-refractivity contribution is 5.36. The molecule has 1 atom stereocenters. The van der Waals surface area contributed by atoms with E-state index in [1.54, 1.807) is 7.11 Å². The van der Waals surface area contributed by atoms with Gasteiger partial charge in [-0.25, -0.2) is 9.97 Å². The number of methoxy groups -OCH3 is 1. The third kappa shape index (κ3) is 3.06. The number of aromatic nitrogens is 2. The van der Waals surface area contributed by atoms with Crippen molar-refractivity contribution in [2.45, 2.75) is 25.3 Å². The highest BCUT2D eigenvalue weighted by atomic mass is 16.5. The molecule has 1 aromatic rings. The Morgan fingerprint density at radius 1 is 1.56 bits per heavy atom. The van der Waals surface area contributed by atoms with Gasteiger partial charge in [-0.1, -0.05) is 0 Å². The lowest BCUT2D eigenvalue weighted by Crippen LogP contribution is -2.24. The average molecular weight is 222 g/mol. The summed E-state index contributed by atoms with van der Waals surface area (Å²) < 4.78 is 5.03. The molecule has 0 amide bonds. The van der Waals surface area contributed by atoms with Crippen LogP contribution in [0.15, 0.2) is 12.4 Å². The summed E-state index contributed by atoms with van der Waals surface area (Å²) in [6.45, 7) is 2.09. The van der Waals surface area contributed by atoms with Crippen LogP contribution in [0.3, 0.4) is 0 Å². The molecule has 0 radical (unpaired) electrons. The Morgan fingerprint density at radius 3 is 3.25 bits per heavy atom. The molecule has 0 saturated carbocycles. The van der Waals surface area contributed by atoms with Crippen molar-refractivity contribution in [2.75, 3.05) is 25.5 Å². The van der Waals surface area contributed by atoms with Crippen LogP contribution >= 0.6 is 0 Å². The number of ether oxygens (including phenoxy) is 1. The smallest absolute Gasteiger partial charge is 0.218 e. The van der Waals surface area contributed by atoms with Crippen molar-refractivity contribution in [1.82, 2.24) is 15.3 Å². The summed E-state index contributed by atoms with van der Waals surface area (Å²) in [6, 6.07) is 2.47. The zero-order valence-electron chi connectivity index (χ0n) is 9.57. The van der Waals surface area contributed by atoms with Crippen LogP contribution in [0.25, 0.3) is 0 Å². The predicted molar refractivity (Wildman–Crippen MR) is 62.7 cm³/mol. The molecule has 1 aromatic heterocycles. The Kier molecular flexibility index (Phi) is 3.93. The van der Waals surface area contributed by atoms with E-state index in [2.05, 4.69) is 20.6 Å². The van der Waals surface area contributed by atoms with E-state index in [0.29, 0.717) is 11.9 Å². The number of rotatable bonds is 5. The van der Waals surface area contributed by atoms with Crippen molar-refractivity contribution in [3.63, 3.8) is 0 Å². The fourth-order valence-electron chi connectivity index (χ4n) is 1.93. The normalized spacial score (nSPS) is 19.7. The third-order valence-electron chi connectivity index (χ3n) is 2.81. The first-order valence-electron chi connectivity index (χ1n) is 5.72. The lowest BCUT2D eigenvalue weighted by Gasteiger charge is -2.11. The summed E-state index contributed by atoms with van der Waals surface area (Å²) in [6.07, 6.45) is 5.22. The zero-order valence-corrected chi connectivity index (χ0v) is 9.57. The van der Waals surface area contributed by atoms with Gasteiger partial charge in [0.25, 0.3) is 0 Å². The molecular weight excluding hydrogens is 204 g/mol. The van der Waals surface area contributed by atoms with Gasteiger partial charge >= 0.3 is 0 Å². The number of nitrogens with zero attached hydrogens (tertiary/aromatic N) is 2. The molecular formula is C11H18N4O. The molecule has 16 heavy (non-hydrogen) atoms. The summed E-state index contributed by atoms with van der Waals surface area (Å²) in [7, 11) is 1.61. The van der Waals surface area contributed by atoms with Crippen molar-refractivity contribution < 1.29 is 4.74 Å². The van der Waals surface area contributed by atoms with Crippen LogP contribution in [0.2, 0.25) is 0 Å². The van der Waals surface area contributed by atoms with E-state index >= 15 is 0 Å². The minimum absolute atomic E-state index is 0.594. The molecule has 1 saturated heterocycles. The van der Waals surface area contributed by atoms with E-state index < -0.39 is 0 Å². The fourth-order valence-corrected chi connectivity index (χ4v) is 1.93. The second-order valence-corrected chi connectivity index (χ2v) is 3.95. The van der Waals surface area contributed by atoms with Gasteiger partial charge in [-0.3, -0.25) is 0 Å². The van der Waals surface area contributed by atoms with Crippen molar-refractivity contribution in [1.29, 1.82) is 0 Å². The van der Waals surface area contributed by atoms with Crippen LogP contribution in [0, 0.1) is 0 Å². The van der Waals surface area contributed by atoms with Crippen LogP contribution < -0.4 is 15.4 Å². The predicted octanol–water partition coefficient (Wildman–Crippen LogP) is 1.04. The van der Waals surface area contributed by atoms with Crippen LogP contribution in [0.5, 0.6) is 5.88 Å². The SMILES string of the molecule is COc1cc(NCCC2CCCN2)ncn1. The molecule has 0 bridgehead atoms. The van der Waals surface area contributed by atoms with Gasteiger partial charge in [-0.15, -0.1) is 0 Å². The Labute approximate surface area is 95.6 Å². The Hall–Kier alpha value is -1.36. The molecule has 2 rings (SSSR count). The summed E-state index contributed by atoms with van der Waals surface area (Å²) in [5, 5.41) is 6.74. The lowest BCUT2D eigenvalue weighted by molar-refractivity contribution is 0.397. The highest BCUT2D eigenvalue weighted by Crippen LogP contribution is 2.12. The van der Waals surface area contributed by atoms with E-state index in [-0.39, 0.29) is 0 Å². The van der Waals surface area contributed by atoms with E-state index in [9.17, 15) is 0 Å². The van der Waals surface area contributed by atoms with Crippen LogP contribution in [0.1, 0.15) is 19.3 Å². The van der Waals surface area contributed by atoms with Crippen molar-refractivity contribution in [3.8, 4) is 5.88 Å².